The monoisotopic (exact) mass is 312 g/mol. The molecule has 0 spiro atoms. The van der Waals surface area contributed by atoms with Crippen LogP contribution in [-0.2, 0) is 0 Å². The second kappa shape index (κ2) is 25.4. The minimum Gasteiger partial charge on any atom is -0.392 e. The smallest absolute Gasteiger partial charge is 0.0612 e. The van der Waals surface area contributed by atoms with Gasteiger partial charge in [0.15, 0.2) is 0 Å². The molecule has 0 aromatic heterocycles. The van der Waals surface area contributed by atoms with Crippen molar-refractivity contribution < 1.29 is 10.2 Å². The van der Waals surface area contributed by atoms with Crippen LogP contribution in [0.2, 0.25) is 0 Å². The van der Waals surface area contributed by atoms with Crippen LogP contribution >= 0.6 is 0 Å². The standard InChI is InChI=1S/C12H24O.C8H16O/c1-2-3-4-5-6-7-8-9-10-11-12-13;1-2-3-4-5-6-7-8-9/h10-11,13H,2-9,12H2,1H3;6-7,9H,2-5,8H2,1H3/b11-10+;7-6+. The van der Waals surface area contributed by atoms with Crippen LogP contribution in [0.25, 0.3) is 0 Å². The van der Waals surface area contributed by atoms with Gasteiger partial charge in [0.25, 0.3) is 0 Å². The molecule has 0 bridgehead atoms. The molecule has 0 atom stereocenters. The number of aliphatic hydroxyl groups excluding tert-OH is 2. The second-order valence-corrected chi connectivity index (χ2v) is 5.71. The Morgan fingerprint density at radius 3 is 1.32 bits per heavy atom. The van der Waals surface area contributed by atoms with Crippen LogP contribution < -0.4 is 0 Å². The van der Waals surface area contributed by atoms with E-state index in [1.54, 1.807) is 6.08 Å². The fraction of sp³-hybridized carbons (Fsp3) is 0.800. The third-order valence-electron chi connectivity index (χ3n) is 3.49. The van der Waals surface area contributed by atoms with Crippen LogP contribution in [0.15, 0.2) is 24.3 Å². The first-order valence-electron chi connectivity index (χ1n) is 9.35. The lowest BCUT2D eigenvalue weighted by Gasteiger charge is -1.98. The van der Waals surface area contributed by atoms with Crippen molar-refractivity contribution in [2.45, 2.75) is 90.9 Å². The molecule has 132 valence electrons. The molecule has 0 aromatic rings. The van der Waals surface area contributed by atoms with Crippen LogP contribution in [0.4, 0.5) is 0 Å². The molecule has 2 N–H and O–H groups in total. The normalized spacial score (nSPS) is 11.1. The lowest BCUT2D eigenvalue weighted by atomic mass is 10.1. The Bertz CT molecular complexity index is 222. The fourth-order valence-electron chi connectivity index (χ4n) is 2.12. The van der Waals surface area contributed by atoms with Crippen LogP contribution in [0.3, 0.4) is 0 Å². The van der Waals surface area contributed by atoms with Gasteiger partial charge in [0.2, 0.25) is 0 Å². The molecule has 0 aliphatic carbocycles. The van der Waals surface area contributed by atoms with E-state index in [1.807, 2.05) is 12.2 Å². The lowest BCUT2D eigenvalue weighted by Crippen LogP contribution is -1.79. The van der Waals surface area contributed by atoms with Gasteiger partial charge < -0.3 is 10.2 Å². The Morgan fingerprint density at radius 1 is 0.500 bits per heavy atom. The molecule has 0 saturated carbocycles. The van der Waals surface area contributed by atoms with E-state index in [0.717, 1.165) is 12.8 Å². The van der Waals surface area contributed by atoms with Gasteiger partial charge >= 0.3 is 0 Å². The van der Waals surface area contributed by atoms with E-state index in [1.165, 1.54) is 64.2 Å². The highest BCUT2D eigenvalue weighted by atomic mass is 16.3. The minimum absolute atomic E-state index is 0.187. The van der Waals surface area contributed by atoms with Crippen molar-refractivity contribution in [2.24, 2.45) is 0 Å². The predicted molar refractivity (Wildman–Crippen MR) is 99.2 cm³/mol. The summed E-state index contributed by atoms with van der Waals surface area (Å²) in [4.78, 5) is 0. The van der Waals surface area contributed by atoms with E-state index >= 15 is 0 Å². The summed E-state index contributed by atoms with van der Waals surface area (Å²) in [5, 5.41) is 16.8. The first-order valence-corrected chi connectivity index (χ1v) is 9.35. The third kappa shape index (κ3) is 27.7. The van der Waals surface area contributed by atoms with E-state index in [-0.39, 0.29) is 13.2 Å². The van der Waals surface area contributed by atoms with Gasteiger partial charge in [0.05, 0.1) is 13.2 Å². The van der Waals surface area contributed by atoms with E-state index in [0.29, 0.717) is 0 Å². The molecule has 0 heterocycles. The molecule has 0 amide bonds. The van der Waals surface area contributed by atoms with Crippen molar-refractivity contribution in [1.29, 1.82) is 0 Å². The van der Waals surface area contributed by atoms with Crippen LogP contribution in [0, 0.1) is 0 Å². The summed E-state index contributed by atoms with van der Waals surface area (Å²) in [6.45, 7) is 4.82. The zero-order chi connectivity index (χ0) is 16.7. The van der Waals surface area contributed by atoms with Gasteiger partial charge in [0.1, 0.15) is 0 Å². The Balaban J connectivity index is 0. The zero-order valence-corrected chi connectivity index (χ0v) is 15.1. The number of aliphatic hydroxyl groups is 2. The molecule has 0 fully saturated rings. The Hall–Kier alpha value is -0.600. The average Bonchev–Trinajstić information content (AvgIpc) is 2.54. The SMILES string of the molecule is CCCCC/C=C/CO.CCCCCCCCC/C=C/CO. The van der Waals surface area contributed by atoms with Gasteiger partial charge in [-0.05, 0) is 25.7 Å². The van der Waals surface area contributed by atoms with Gasteiger partial charge in [-0.15, -0.1) is 0 Å². The summed E-state index contributed by atoms with van der Waals surface area (Å²) < 4.78 is 0. The molecule has 2 nitrogen and oxygen atoms in total. The van der Waals surface area contributed by atoms with Gasteiger partial charge in [0, 0.05) is 0 Å². The molecule has 0 aromatic carbocycles. The summed E-state index contributed by atoms with van der Waals surface area (Å²) in [6.07, 6.45) is 23.4. The van der Waals surface area contributed by atoms with Crippen LogP contribution in [0.5, 0.6) is 0 Å². The highest BCUT2D eigenvalue weighted by molar-refractivity contribution is 4.80. The third-order valence-corrected chi connectivity index (χ3v) is 3.49. The van der Waals surface area contributed by atoms with Crippen molar-refractivity contribution >= 4 is 0 Å². The maximum Gasteiger partial charge on any atom is 0.0612 e. The molecule has 0 rings (SSSR count). The van der Waals surface area contributed by atoms with Crippen LogP contribution in [-0.4, -0.2) is 23.4 Å². The van der Waals surface area contributed by atoms with Gasteiger partial charge in [-0.1, -0.05) is 89.5 Å². The van der Waals surface area contributed by atoms with Crippen molar-refractivity contribution in [3.63, 3.8) is 0 Å². The highest BCUT2D eigenvalue weighted by Gasteiger charge is 1.88. The van der Waals surface area contributed by atoms with Crippen molar-refractivity contribution in [2.75, 3.05) is 13.2 Å². The summed E-state index contributed by atoms with van der Waals surface area (Å²) in [6, 6.07) is 0. The molecule has 0 radical (unpaired) electrons. The topological polar surface area (TPSA) is 40.5 Å². The molecule has 2 heteroatoms. The number of hydrogen-bond donors (Lipinski definition) is 2. The van der Waals surface area contributed by atoms with E-state index in [4.69, 9.17) is 10.2 Å². The van der Waals surface area contributed by atoms with Gasteiger partial charge in [-0.25, -0.2) is 0 Å². The lowest BCUT2D eigenvalue weighted by molar-refractivity contribution is 0.342. The molecule has 0 saturated heterocycles. The molecule has 22 heavy (non-hydrogen) atoms. The maximum atomic E-state index is 8.48. The zero-order valence-electron chi connectivity index (χ0n) is 15.1. The molecule has 0 aliphatic rings. The summed E-state index contributed by atoms with van der Waals surface area (Å²) >= 11 is 0. The van der Waals surface area contributed by atoms with E-state index < -0.39 is 0 Å². The summed E-state index contributed by atoms with van der Waals surface area (Å²) in [7, 11) is 0. The minimum atomic E-state index is 0.187. The Kier molecular flexibility index (Phi) is 27.3. The summed E-state index contributed by atoms with van der Waals surface area (Å²) in [5.74, 6) is 0. The number of hydrogen-bond acceptors (Lipinski definition) is 2. The number of rotatable bonds is 14. The number of unbranched alkanes of at least 4 members (excludes halogenated alkanes) is 10. The second-order valence-electron chi connectivity index (χ2n) is 5.71. The quantitative estimate of drug-likeness (QED) is 0.315. The largest absolute Gasteiger partial charge is 0.392 e. The van der Waals surface area contributed by atoms with Crippen molar-refractivity contribution in [3.8, 4) is 0 Å². The molecular formula is C20H40O2. The Labute approximate surface area is 139 Å². The highest BCUT2D eigenvalue weighted by Crippen LogP contribution is 2.08. The average molecular weight is 313 g/mol. The van der Waals surface area contributed by atoms with E-state index in [2.05, 4.69) is 19.9 Å². The van der Waals surface area contributed by atoms with Crippen LogP contribution in [0.1, 0.15) is 90.9 Å². The predicted octanol–water partition coefficient (Wildman–Crippen LogP) is 5.79. The van der Waals surface area contributed by atoms with Gasteiger partial charge in [-0.2, -0.15) is 0 Å². The number of allylic oxidation sites excluding steroid dienone is 2. The van der Waals surface area contributed by atoms with Gasteiger partial charge in [-0.3, -0.25) is 0 Å². The van der Waals surface area contributed by atoms with Crippen molar-refractivity contribution in [3.05, 3.63) is 24.3 Å². The Morgan fingerprint density at radius 2 is 0.864 bits per heavy atom. The summed E-state index contributed by atoms with van der Waals surface area (Å²) in [5.41, 5.74) is 0. The molecular weight excluding hydrogens is 272 g/mol. The fourth-order valence-corrected chi connectivity index (χ4v) is 2.12. The first kappa shape index (κ1) is 23.7. The maximum absolute atomic E-state index is 8.48. The van der Waals surface area contributed by atoms with Crippen molar-refractivity contribution in [1.82, 2.24) is 0 Å². The first-order chi connectivity index (χ1) is 10.8. The molecule has 0 aliphatic heterocycles. The molecule has 0 unspecified atom stereocenters. The van der Waals surface area contributed by atoms with E-state index in [9.17, 15) is 0 Å².